The van der Waals surface area contributed by atoms with Crippen molar-refractivity contribution < 1.29 is 9.53 Å². The van der Waals surface area contributed by atoms with Crippen LogP contribution in [0.4, 0.5) is 0 Å². The van der Waals surface area contributed by atoms with E-state index in [0.29, 0.717) is 12.1 Å². The van der Waals surface area contributed by atoms with Crippen LogP contribution in [0.1, 0.15) is 6.92 Å². The predicted octanol–water partition coefficient (Wildman–Crippen LogP) is 2.13. The lowest BCUT2D eigenvalue weighted by Gasteiger charge is -2.11. The highest BCUT2D eigenvalue weighted by Gasteiger charge is 2.13. The molecule has 0 aliphatic carbocycles. The number of carbonyl (C=O) groups excluding carboxylic acids is 1. The fourth-order valence-corrected chi connectivity index (χ4v) is 1.67. The molecule has 0 N–H and O–H groups in total. The molecule has 0 radical (unpaired) electrons. The van der Waals surface area contributed by atoms with Gasteiger partial charge < -0.3 is 4.74 Å². The summed E-state index contributed by atoms with van der Waals surface area (Å²) in [6.45, 7) is 6.08. The van der Waals surface area contributed by atoms with Gasteiger partial charge in [0.25, 0.3) is 0 Å². The third-order valence-electron chi connectivity index (χ3n) is 1.30. The van der Waals surface area contributed by atoms with Crippen molar-refractivity contribution in [1.29, 1.82) is 0 Å². The summed E-state index contributed by atoms with van der Waals surface area (Å²) < 4.78 is 4.74. The van der Waals surface area contributed by atoms with Gasteiger partial charge in [-0.05, 0) is 0 Å². The van der Waals surface area contributed by atoms with Gasteiger partial charge in [0.1, 0.15) is 6.61 Å². The highest BCUT2D eigenvalue weighted by Crippen LogP contribution is 2.05. The van der Waals surface area contributed by atoms with E-state index in [4.69, 9.17) is 16.3 Å². The minimum Gasteiger partial charge on any atom is -0.462 e. The maximum absolute atomic E-state index is 10.4. The summed E-state index contributed by atoms with van der Waals surface area (Å²) in [4.78, 5) is 10.4. The number of ether oxygens (including phenoxy) is 1. The molecule has 0 spiro atoms. The molecule has 0 fully saturated rings. The van der Waals surface area contributed by atoms with Gasteiger partial charge in [0.05, 0.1) is 8.07 Å². The zero-order valence-electron chi connectivity index (χ0n) is 7.76. The van der Waals surface area contributed by atoms with E-state index in [1.54, 1.807) is 0 Å². The van der Waals surface area contributed by atoms with Gasteiger partial charge in [0.15, 0.2) is 0 Å². The van der Waals surface area contributed by atoms with Crippen LogP contribution in [0.2, 0.25) is 13.1 Å². The normalized spacial score (nSPS) is 12.0. The Balaban J connectivity index is 3.68. The monoisotopic (exact) mass is 206 g/mol. The van der Waals surface area contributed by atoms with Crippen molar-refractivity contribution in [3.63, 3.8) is 0 Å². The van der Waals surface area contributed by atoms with Gasteiger partial charge in [-0.15, -0.1) is 11.6 Å². The molecule has 0 amide bonds. The average molecular weight is 207 g/mol. The summed E-state index contributed by atoms with van der Waals surface area (Å²) in [6, 6.07) is 0. The molecule has 0 saturated heterocycles. The lowest BCUT2D eigenvalue weighted by Crippen LogP contribution is -2.25. The van der Waals surface area contributed by atoms with Crippen molar-refractivity contribution in [3.05, 3.63) is 11.8 Å². The van der Waals surface area contributed by atoms with Crippen molar-refractivity contribution >= 4 is 25.6 Å². The van der Waals surface area contributed by atoms with E-state index in [1.165, 1.54) is 6.92 Å². The average Bonchev–Trinajstić information content (AvgIpc) is 1.98. The molecular weight excluding hydrogens is 192 g/mol. The second-order valence-corrected chi connectivity index (χ2v) is 8.71. The van der Waals surface area contributed by atoms with Gasteiger partial charge in [-0.2, -0.15) is 0 Å². The Morgan fingerprint density at radius 2 is 2.17 bits per heavy atom. The van der Waals surface area contributed by atoms with E-state index in [-0.39, 0.29) is 5.97 Å². The smallest absolute Gasteiger partial charge is 0.302 e. The molecule has 0 bridgehead atoms. The van der Waals surface area contributed by atoms with E-state index in [9.17, 15) is 4.79 Å². The van der Waals surface area contributed by atoms with Crippen molar-refractivity contribution in [2.45, 2.75) is 20.0 Å². The van der Waals surface area contributed by atoms with Crippen molar-refractivity contribution in [1.82, 2.24) is 0 Å². The summed E-state index contributed by atoms with van der Waals surface area (Å²) >= 11 is 5.74. The predicted molar refractivity (Wildman–Crippen MR) is 54.0 cm³/mol. The van der Waals surface area contributed by atoms with Gasteiger partial charge in [-0.3, -0.25) is 4.79 Å². The van der Waals surface area contributed by atoms with Crippen molar-refractivity contribution in [3.8, 4) is 0 Å². The molecule has 0 aliphatic heterocycles. The number of esters is 1. The standard InChI is InChI=1S/C8H15ClO2Si/c1-8(10)11-5-4-6-12(2,3)7-9/h4,6H,5,7H2,1-3H3. The Kier molecular flexibility index (Phi) is 5.25. The van der Waals surface area contributed by atoms with E-state index in [1.807, 2.05) is 6.08 Å². The minimum absolute atomic E-state index is 0.245. The van der Waals surface area contributed by atoms with Crippen LogP contribution in [0.3, 0.4) is 0 Å². The Bertz CT molecular complexity index is 178. The first-order valence-corrected chi connectivity index (χ1v) is 7.67. The molecular formula is C8H15ClO2Si. The lowest BCUT2D eigenvalue weighted by molar-refractivity contribution is -0.139. The van der Waals surface area contributed by atoms with Crippen molar-refractivity contribution in [2.24, 2.45) is 0 Å². The van der Waals surface area contributed by atoms with Crippen LogP contribution >= 0.6 is 11.6 Å². The molecule has 0 heterocycles. The maximum atomic E-state index is 10.4. The molecule has 0 atom stereocenters. The van der Waals surface area contributed by atoms with Crippen LogP contribution in [0, 0.1) is 0 Å². The first-order chi connectivity index (χ1) is 5.48. The fraction of sp³-hybridized carbons (Fsp3) is 0.625. The number of carbonyl (C=O) groups is 1. The highest BCUT2D eigenvalue weighted by molar-refractivity contribution is 6.87. The van der Waals surface area contributed by atoms with Crippen LogP contribution in [0.5, 0.6) is 0 Å². The van der Waals surface area contributed by atoms with Crippen molar-refractivity contribution in [2.75, 3.05) is 12.1 Å². The van der Waals surface area contributed by atoms with E-state index < -0.39 is 8.07 Å². The zero-order chi connectivity index (χ0) is 9.61. The Morgan fingerprint density at radius 1 is 1.58 bits per heavy atom. The van der Waals surface area contributed by atoms with Gasteiger partial charge in [0.2, 0.25) is 0 Å². The second kappa shape index (κ2) is 5.38. The second-order valence-electron chi connectivity index (χ2n) is 3.33. The van der Waals surface area contributed by atoms with Crippen LogP contribution in [-0.4, -0.2) is 26.2 Å². The number of rotatable bonds is 4. The molecule has 70 valence electrons. The number of alkyl halides is 1. The number of hydrogen-bond donors (Lipinski definition) is 0. The molecule has 0 aromatic rings. The summed E-state index contributed by atoms with van der Waals surface area (Å²) in [6.07, 6.45) is 1.87. The quantitative estimate of drug-likeness (QED) is 0.400. The number of halogens is 1. The van der Waals surface area contributed by atoms with Crippen LogP contribution in [0.15, 0.2) is 11.8 Å². The fourth-order valence-electron chi connectivity index (χ4n) is 0.577. The Morgan fingerprint density at radius 3 is 2.58 bits per heavy atom. The molecule has 0 unspecified atom stereocenters. The van der Waals surface area contributed by atoms with Gasteiger partial charge >= 0.3 is 5.97 Å². The highest BCUT2D eigenvalue weighted by atomic mass is 35.5. The molecule has 0 aromatic carbocycles. The molecule has 4 heteroatoms. The van der Waals surface area contributed by atoms with Crippen LogP contribution < -0.4 is 0 Å². The zero-order valence-corrected chi connectivity index (χ0v) is 9.52. The number of hydrogen-bond acceptors (Lipinski definition) is 2. The Labute approximate surface area is 79.6 Å². The topological polar surface area (TPSA) is 26.3 Å². The lowest BCUT2D eigenvalue weighted by atomic mass is 10.7. The van der Waals surface area contributed by atoms with Gasteiger partial charge in [-0.1, -0.05) is 24.9 Å². The van der Waals surface area contributed by atoms with Crippen LogP contribution in [-0.2, 0) is 9.53 Å². The summed E-state index contributed by atoms with van der Waals surface area (Å²) in [5.74, 6) is -0.245. The van der Waals surface area contributed by atoms with E-state index in [2.05, 4.69) is 18.8 Å². The molecule has 0 saturated carbocycles. The third-order valence-corrected chi connectivity index (χ3v) is 5.19. The minimum atomic E-state index is -1.36. The van der Waals surface area contributed by atoms with Gasteiger partial charge in [0, 0.05) is 12.4 Å². The first kappa shape index (κ1) is 11.7. The van der Waals surface area contributed by atoms with E-state index in [0.717, 1.165) is 0 Å². The summed E-state index contributed by atoms with van der Waals surface area (Å²) in [7, 11) is -1.36. The van der Waals surface area contributed by atoms with Gasteiger partial charge in [-0.25, -0.2) is 0 Å². The molecule has 0 aliphatic rings. The molecule has 0 aromatic heterocycles. The SMILES string of the molecule is CC(=O)OCC=C[Si](C)(C)CCl. The molecule has 2 nitrogen and oxygen atoms in total. The first-order valence-electron chi connectivity index (χ1n) is 3.85. The summed E-state index contributed by atoms with van der Waals surface area (Å²) in [5.41, 5.74) is 2.78. The maximum Gasteiger partial charge on any atom is 0.302 e. The van der Waals surface area contributed by atoms with E-state index >= 15 is 0 Å². The molecule has 0 rings (SSSR count). The Hall–Kier alpha value is -0.283. The molecule has 12 heavy (non-hydrogen) atoms. The summed E-state index contributed by atoms with van der Waals surface area (Å²) in [5, 5.41) is 0. The van der Waals surface area contributed by atoms with Crippen LogP contribution in [0.25, 0.3) is 0 Å². The third kappa shape index (κ3) is 6.43. The largest absolute Gasteiger partial charge is 0.462 e.